The lowest BCUT2D eigenvalue weighted by Gasteiger charge is -2.26. The number of aromatic nitrogens is 3. The molecule has 0 atom stereocenters. The normalized spacial score (nSPS) is 15.2. The molecule has 3 aromatic rings. The van der Waals surface area contributed by atoms with E-state index >= 15 is 0 Å². The van der Waals surface area contributed by atoms with Gasteiger partial charge in [-0.3, -0.25) is 4.79 Å². The molecule has 0 saturated carbocycles. The van der Waals surface area contributed by atoms with Crippen molar-refractivity contribution in [3.05, 3.63) is 60.3 Å². The number of aromatic amines is 1. The van der Waals surface area contributed by atoms with Crippen LogP contribution in [0.5, 0.6) is 0 Å². The van der Waals surface area contributed by atoms with E-state index in [4.69, 9.17) is 0 Å². The first-order valence-corrected chi connectivity index (χ1v) is 10.9. The number of H-pyrrole nitrogens is 1. The summed E-state index contributed by atoms with van der Waals surface area (Å²) < 4.78 is 27.3. The summed E-state index contributed by atoms with van der Waals surface area (Å²) in [4.78, 5) is 12.9. The molecule has 1 saturated heterocycles. The molecule has 1 fully saturated rings. The lowest BCUT2D eigenvalue weighted by atomic mass is 10.1. The molecule has 1 aliphatic heterocycles. The van der Waals surface area contributed by atoms with Gasteiger partial charge in [0.25, 0.3) is 5.91 Å². The number of hydrogen-bond acceptors (Lipinski definition) is 5. The molecule has 0 bridgehead atoms. The Bertz CT molecular complexity index is 1110. The zero-order chi connectivity index (χ0) is 20.3. The van der Waals surface area contributed by atoms with E-state index in [0.717, 1.165) is 24.8 Å². The van der Waals surface area contributed by atoms with E-state index in [9.17, 15) is 13.2 Å². The molecule has 0 radical (unpaired) electrons. The van der Waals surface area contributed by atoms with Crippen molar-refractivity contribution in [2.75, 3.05) is 18.4 Å². The van der Waals surface area contributed by atoms with E-state index in [0.29, 0.717) is 24.5 Å². The lowest BCUT2D eigenvalue weighted by Crippen LogP contribution is -2.35. The van der Waals surface area contributed by atoms with Gasteiger partial charge in [0.1, 0.15) is 5.69 Å². The van der Waals surface area contributed by atoms with Gasteiger partial charge in [-0.1, -0.05) is 42.8 Å². The maximum Gasteiger partial charge on any atom is 0.278 e. The number of nitrogens with one attached hydrogen (secondary N) is 2. The van der Waals surface area contributed by atoms with Crippen molar-refractivity contribution in [2.45, 2.75) is 24.2 Å². The highest BCUT2D eigenvalue weighted by atomic mass is 32.2. The lowest BCUT2D eigenvalue weighted by molar-refractivity contribution is 0.102. The first-order valence-electron chi connectivity index (χ1n) is 9.43. The van der Waals surface area contributed by atoms with Crippen LogP contribution in [0, 0.1) is 0 Å². The first-order chi connectivity index (χ1) is 14.1. The van der Waals surface area contributed by atoms with Crippen molar-refractivity contribution in [2.24, 2.45) is 0 Å². The molecule has 1 aromatic heterocycles. The third kappa shape index (κ3) is 4.06. The second-order valence-corrected chi connectivity index (χ2v) is 8.77. The summed E-state index contributed by atoms with van der Waals surface area (Å²) in [6.07, 6.45) is 2.78. The predicted molar refractivity (Wildman–Crippen MR) is 109 cm³/mol. The molecule has 1 amide bonds. The largest absolute Gasteiger partial charge is 0.320 e. The SMILES string of the molecule is O=C(Nc1cccc(S(=O)(=O)N2CCCCC2)c1)c1n[nH]nc1-c1ccccc1. The van der Waals surface area contributed by atoms with Crippen LogP contribution in [0.2, 0.25) is 0 Å². The zero-order valence-electron chi connectivity index (χ0n) is 15.7. The van der Waals surface area contributed by atoms with Crippen LogP contribution in [0.15, 0.2) is 59.5 Å². The Balaban J connectivity index is 1.56. The van der Waals surface area contributed by atoms with Gasteiger partial charge in [0.15, 0.2) is 5.69 Å². The smallest absolute Gasteiger partial charge is 0.278 e. The number of carbonyl (C=O) groups excluding carboxylic acids is 1. The van der Waals surface area contributed by atoms with Crippen LogP contribution in [0.1, 0.15) is 29.8 Å². The number of rotatable bonds is 5. The molecule has 0 aliphatic carbocycles. The highest BCUT2D eigenvalue weighted by molar-refractivity contribution is 7.89. The number of nitrogens with zero attached hydrogens (tertiary/aromatic N) is 3. The second-order valence-electron chi connectivity index (χ2n) is 6.83. The third-order valence-electron chi connectivity index (χ3n) is 4.85. The predicted octanol–water partition coefficient (Wildman–Crippen LogP) is 2.90. The number of carbonyl (C=O) groups is 1. The Morgan fingerprint density at radius 2 is 1.72 bits per heavy atom. The highest BCUT2D eigenvalue weighted by Crippen LogP contribution is 2.24. The fraction of sp³-hybridized carbons (Fsp3) is 0.250. The van der Waals surface area contributed by atoms with Gasteiger partial charge in [-0.2, -0.15) is 19.7 Å². The van der Waals surface area contributed by atoms with E-state index in [1.807, 2.05) is 30.3 Å². The van der Waals surface area contributed by atoms with Gasteiger partial charge in [-0.15, -0.1) is 0 Å². The van der Waals surface area contributed by atoms with Crippen LogP contribution in [0.3, 0.4) is 0 Å². The fourth-order valence-electron chi connectivity index (χ4n) is 3.37. The summed E-state index contributed by atoms with van der Waals surface area (Å²) in [7, 11) is -3.58. The van der Waals surface area contributed by atoms with Gasteiger partial charge < -0.3 is 5.32 Å². The summed E-state index contributed by atoms with van der Waals surface area (Å²) in [5.74, 6) is -0.467. The van der Waals surface area contributed by atoms with Crippen LogP contribution >= 0.6 is 0 Å². The summed E-state index contributed by atoms with van der Waals surface area (Å²) in [5.41, 5.74) is 1.71. The minimum atomic E-state index is -3.58. The average molecular weight is 411 g/mol. The number of amides is 1. The highest BCUT2D eigenvalue weighted by Gasteiger charge is 2.26. The van der Waals surface area contributed by atoms with Crippen LogP contribution in [0.25, 0.3) is 11.3 Å². The number of anilines is 1. The van der Waals surface area contributed by atoms with Crippen molar-refractivity contribution >= 4 is 21.6 Å². The summed E-state index contributed by atoms with van der Waals surface area (Å²) in [5, 5.41) is 13.2. The van der Waals surface area contributed by atoms with Gasteiger partial charge in [-0.05, 0) is 31.0 Å². The van der Waals surface area contributed by atoms with Crippen molar-refractivity contribution in [1.82, 2.24) is 19.7 Å². The van der Waals surface area contributed by atoms with Crippen LogP contribution in [-0.2, 0) is 10.0 Å². The molecule has 2 heterocycles. The van der Waals surface area contributed by atoms with Crippen molar-refractivity contribution < 1.29 is 13.2 Å². The molecule has 150 valence electrons. The number of sulfonamides is 1. The minimum absolute atomic E-state index is 0.139. The molecular weight excluding hydrogens is 390 g/mol. The summed E-state index contributed by atoms with van der Waals surface area (Å²) >= 11 is 0. The third-order valence-corrected chi connectivity index (χ3v) is 6.75. The van der Waals surface area contributed by atoms with Gasteiger partial charge in [0.2, 0.25) is 10.0 Å². The van der Waals surface area contributed by atoms with Gasteiger partial charge in [0, 0.05) is 24.3 Å². The Kier molecular flexibility index (Phi) is 5.41. The number of benzene rings is 2. The Morgan fingerprint density at radius 3 is 2.48 bits per heavy atom. The molecular formula is C20H21N5O3S. The molecule has 2 aromatic carbocycles. The number of hydrogen-bond donors (Lipinski definition) is 2. The monoisotopic (exact) mass is 411 g/mol. The summed E-state index contributed by atoms with van der Waals surface area (Å²) in [6, 6.07) is 15.5. The van der Waals surface area contributed by atoms with E-state index in [-0.39, 0.29) is 10.6 Å². The molecule has 29 heavy (non-hydrogen) atoms. The Morgan fingerprint density at radius 1 is 0.966 bits per heavy atom. The minimum Gasteiger partial charge on any atom is -0.320 e. The molecule has 4 rings (SSSR count). The Labute approximate surface area is 169 Å². The van der Waals surface area contributed by atoms with Gasteiger partial charge in [-0.25, -0.2) is 8.42 Å². The molecule has 2 N–H and O–H groups in total. The Hall–Kier alpha value is -3.04. The van der Waals surface area contributed by atoms with Crippen molar-refractivity contribution in [3.8, 4) is 11.3 Å². The van der Waals surface area contributed by atoms with Crippen LogP contribution < -0.4 is 5.32 Å². The molecule has 0 spiro atoms. The first kappa shape index (κ1) is 19.3. The maximum absolute atomic E-state index is 12.9. The summed E-state index contributed by atoms with van der Waals surface area (Å²) in [6.45, 7) is 1.05. The fourth-order valence-corrected chi connectivity index (χ4v) is 4.93. The zero-order valence-corrected chi connectivity index (χ0v) is 16.5. The standard InChI is InChI=1S/C20H21N5O3S/c26-20(19-18(22-24-23-19)15-8-3-1-4-9-15)21-16-10-7-11-17(14-16)29(27,28)25-12-5-2-6-13-25/h1,3-4,7-11,14H,2,5-6,12-13H2,(H,21,26)(H,22,23,24). The van der Waals surface area contributed by atoms with Gasteiger partial charge in [0.05, 0.1) is 4.90 Å². The number of piperidine rings is 1. The molecule has 8 nitrogen and oxygen atoms in total. The topological polar surface area (TPSA) is 108 Å². The van der Waals surface area contributed by atoms with Crippen LogP contribution in [-0.4, -0.2) is 47.1 Å². The molecule has 0 unspecified atom stereocenters. The van der Waals surface area contributed by atoms with Crippen molar-refractivity contribution in [1.29, 1.82) is 0 Å². The quantitative estimate of drug-likeness (QED) is 0.671. The van der Waals surface area contributed by atoms with E-state index < -0.39 is 15.9 Å². The second kappa shape index (κ2) is 8.14. The van der Waals surface area contributed by atoms with E-state index in [1.165, 1.54) is 10.4 Å². The van der Waals surface area contributed by atoms with Crippen LogP contribution in [0.4, 0.5) is 5.69 Å². The van der Waals surface area contributed by atoms with Gasteiger partial charge >= 0.3 is 0 Å². The van der Waals surface area contributed by atoms with Crippen molar-refractivity contribution in [3.63, 3.8) is 0 Å². The molecule has 9 heteroatoms. The maximum atomic E-state index is 12.9. The van der Waals surface area contributed by atoms with E-state index in [1.54, 1.807) is 18.2 Å². The molecule has 1 aliphatic rings. The van der Waals surface area contributed by atoms with E-state index in [2.05, 4.69) is 20.7 Å². The average Bonchev–Trinajstić information content (AvgIpc) is 3.25.